The Labute approximate surface area is 220 Å². The summed E-state index contributed by atoms with van der Waals surface area (Å²) in [5, 5.41) is 2.94. The van der Waals surface area contributed by atoms with Gasteiger partial charge in [0, 0.05) is 12.6 Å². The van der Waals surface area contributed by atoms with E-state index in [1.165, 1.54) is 17.0 Å². The molecule has 2 amide bonds. The molecule has 8 heteroatoms. The summed E-state index contributed by atoms with van der Waals surface area (Å²) in [6, 6.07) is 23.6. The minimum Gasteiger partial charge on any atom is -0.352 e. The van der Waals surface area contributed by atoms with Gasteiger partial charge < -0.3 is 10.2 Å². The molecule has 0 saturated heterocycles. The second kappa shape index (κ2) is 12.5. The fraction of sp³-hybridized carbons (Fsp3) is 0.310. The monoisotopic (exact) mass is 521 g/mol. The molecular weight excluding hydrogens is 486 g/mol. The van der Waals surface area contributed by atoms with E-state index in [9.17, 15) is 18.0 Å². The van der Waals surface area contributed by atoms with Crippen LogP contribution in [0.15, 0.2) is 89.8 Å². The molecule has 0 aliphatic heterocycles. The molecule has 196 valence electrons. The lowest BCUT2D eigenvalue weighted by Crippen LogP contribution is -2.52. The number of benzene rings is 3. The molecule has 3 rings (SSSR count). The van der Waals surface area contributed by atoms with Crippen LogP contribution >= 0.6 is 0 Å². The van der Waals surface area contributed by atoms with Crippen LogP contribution in [0.3, 0.4) is 0 Å². The maximum atomic E-state index is 13.9. The molecule has 0 fully saturated rings. The van der Waals surface area contributed by atoms with Gasteiger partial charge in [-0.2, -0.15) is 0 Å². The molecule has 0 radical (unpaired) electrons. The van der Waals surface area contributed by atoms with Crippen molar-refractivity contribution in [1.29, 1.82) is 0 Å². The second-order valence-electron chi connectivity index (χ2n) is 9.11. The summed E-state index contributed by atoms with van der Waals surface area (Å²) in [4.78, 5) is 28.4. The molecule has 3 aromatic carbocycles. The number of nitrogens with one attached hydrogen (secondary N) is 1. The predicted molar refractivity (Wildman–Crippen MR) is 147 cm³/mol. The highest BCUT2D eigenvalue weighted by atomic mass is 32.2. The lowest BCUT2D eigenvalue weighted by Gasteiger charge is -2.32. The third kappa shape index (κ3) is 6.98. The van der Waals surface area contributed by atoms with Gasteiger partial charge in [0.15, 0.2) is 0 Å². The fourth-order valence-corrected chi connectivity index (χ4v) is 5.40. The van der Waals surface area contributed by atoms with Gasteiger partial charge >= 0.3 is 0 Å². The van der Waals surface area contributed by atoms with Crippen LogP contribution in [0.5, 0.6) is 0 Å². The molecule has 3 aromatic rings. The van der Waals surface area contributed by atoms with Gasteiger partial charge in [-0.05, 0) is 56.5 Å². The van der Waals surface area contributed by atoms with E-state index in [4.69, 9.17) is 0 Å². The van der Waals surface area contributed by atoms with Gasteiger partial charge in [0.2, 0.25) is 11.8 Å². The summed E-state index contributed by atoms with van der Waals surface area (Å²) < 4.78 is 28.7. The Morgan fingerprint density at radius 3 is 2.03 bits per heavy atom. The number of anilines is 1. The normalized spacial score (nSPS) is 12.9. The van der Waals surface area contributed by atoms with Gasteiger partial charge in [0.25, 0.3) is 10.0 Å². The summed E-state index contributed by atoms with van der Waals surface area (Å²) >= 11 is 0. The van der Waals surface area contributed by atoms with Gasteiger partial charge in [0.1, 0.15) is 12.6 Å². The second-order valence-corrected chi connectivity index (χ2v) is 11.0. The highest BCUT2D eigenvalue weighted by molar-refractivity contribution is 7.92. The average molecular weight is 522 g/mol. The van der Waals surface area contributed by atoms with Gasteiger partial charge in [-0.15, -0.1) is 0 Å². The number of hydrogen-bond donors (Lipinski definition) is 1. The summed E-state index contributed by atoms with van der Waals surface area (Å²) in [7, 11) is -4.06. The van der Waals surface area contributed by atoms with E-state index in [1.807, 2.05) is 50.2 Å². The van der Waals surface area contributed by atoms with Crippen molar-refractivity contribution in [2.24, 2.45) is 0 Å². The van der Waals surface area contributed by atoms with E-state index < -0.39 is 28.5 Å². The number of aryl methyl sites for hydroxylation is 1. The van der Waals surface area contributed by atoms with Crippen molar-refractivity contribution in [3.05, 3.63) is 96.1 Å². The number of carbonyl (C=O) groups is 2. The predicted octanol–water partition coefficient (Wildman–Crippen LogP) is 4.52. The first-order chi connectivity index (χ1) is 17.6. The smallest absolute Gasteiger partial charge is 0.264 e. The lowest BCUT2D eigenvalue weighted by atomic mass is 10.1. The summed E-state index contributed by atoms with van der Waals surface area (Å²) in [6.07, 6.45) is 0.751. The topological polar surface area (TPSA) is 86.8 Å². The van der Waals surface area contributed by atoms with Crippen molar-refractivity contribution >= 4 is 27.5 Å². The van der Waals surface area contributed by atoms with Crippen LogP contribution in [0.2, 0.25) is 0 Å². The van der Waals surface area contributed by atoms with E-state index in [-0.39, 0.29) is 23.4 Å². The molecule has 37 heavy (non-hydrogen) atoms. The van der Waals surface area contributed by atoms with E-state index in [2.05, 4.69) is 5.32 Å². The first-order valence-corrected chi connectivity index (χ1v) is 13.9. The van der Waals surface area contributed by atoms with Crippen molar-refractivity contribution in [3.8, 4) is 0 Å². The van der Waals surface area contributed by atoms with Crippen molar-refractivity contribution in [1.82, 2.24) is 10.2 Å². The van der Waals surface area contributed by atoms with Crippen LogP contribution in [0.1, 0.15) is 38.3 Å². The largest absolute Gasteiger partial charge is 0.352 e. The number of nitrogens with zero attached hydrogens (tertiary/aromatic N) is 2. The number of hydrogen-bond acceptors (Lipinski definition) is 4. The number of para-hydroxylation sites is 1. The molecule has 7 nitrogen and oxygen atoms in total. The van der Waals surface area contributed by atoms with Crippen LogP contribution < -0.4 is 9.62 Å². The number of rotatable bonds is 11. The lowest BCUT2D eigenvalue weighted by molar-refractivity contribution is -0.139. The molecule has 0 aromatic heterocycles. The zero-order chi connectivity index (χ0) is 27.0. The average Bonchev–Trinajstić information content (AvgIpc) is 2.91. The minimum absolute atomic E-state index is 0.0504. The zero-order valence-corrected chi connectivity index (χ0v) is 22.6. The molecule has 0 aliphatic carbocycles. The molecule has 0 unspecified atom stereocenters. The Hall–Kier alpha value is -3.65. The first-order valence-electron chi connectivity index (χ1n) is 12.4. The first kappa shape index (κ1) is 27.9. The Kier molecular flexibility index (Phi) is 9.47. The Morgan fingerprint density at radius 2 is 1.43 bits per heavy atom. The zero-order valence-electron chi connectivity index (χ0n) is 21.8. The number of carbonyl (C=O) groups excluding carboxylic acids is 2. The third-order valence-electron chi connectivity index (χ3n) is 6.36. The number of amides is 2. The van der Waals surface area contributed by atoms with Crippen molar-refractivity contribution in [2.75, 3.05) is 10.8 Å². The molecule has 0 spiro atoms. The number of sulfonamides is 1. The maximum absolute atomic E-state index is 13.9. The van der Waals surface area contributed by atoms with Crippen molar-refractivity contribution < 1.29 is 18.0 Å². The quantitative estimate of drug-likeness (QED) is 0.402. The Bertz CT molecular complexity index is 1300. The molecule has 0 heterocycles. The van der Waals surface area contributed by atoms with Crippen LogP contribution in [0, 0.1) is 6.92 Å². The van der Waals surface area contributed by atoms with Gasteiger partial charge in [-0.25, -0.2) is 8.42 Å². The molecule has 2 atom stereocenters. The molecule has 1 N–H and O–H groups in total. The highest BCUT2D eigenvalue weighted by Gasteiger charge is 2.33. The van der Waals surface area contributed by atoms with Gasteiger partial charge in [-0.1, -0.05) is 73.7 Å². The van der Waals surface area contributed by atoms with E-state index in [0.29, 0.717) is 11.3 Å². The minimum atomic E-state index is -4.06. The van der Waals surface area contributed by atoms with E-state index in [1.54, 1.807) is 50.2 Å². The maximum Gasteiger partial charge on any atom is 0.264 e. The van der Waals surface area contributed by atoms with Crippen LogP contribution in [-0.4, -0.2) is 43.8 Å². The SMILES string of the molecule is CC[C@H](C)NC(=O)[C@H](C)N(Cc1ccccc1)C(=O)CN(c1ccccc1C)S(=O)(=O)c1ccccc1. The van der Waals surface area contributed by atoms with Crippen LogP contribution in [0.4, 0.5) is 5.69 Å². The fourth-order valence-electron chi connectivity index (χ4n) is 3.90. The molecular formula is C29H35N3O4S. The van der Waals surface area contributed by atoms with Crippen molar-refractivity contribution in [2.45, 2.75) is 57.6 Å². The van der Waals surface area contributed by atoms with Gasteiger partial charge in [0.05, 0.1) is 10.6 Å². The van der Waals surface area contributed by atoms with E-state index in [0.717, 1.165) is 16.3 Å². The Morgan fingerprint density at radius 1 is 0.865 bits per heavy atom. The molecule has 0 saturated carbocycles. The molecule has 0 aliphatic rings. The summed E-state index contributed by atoms with van der Waals surface area (Å²) in [5.74, 6) is -0.759. The Balaban J connectivity index is 2.01. The summed E-state index contributed by atoms with van der Waals surface area (Å²) in [6.45, 7) is 7.06. The van der Waals surface area contributed by atoms with E-state index >= 15 is 0 Å². The molecule has 0 bridgehead atoms. The van der Waals surface area contributed by atoms with Crippen LogP contribution in [0.25, 0.3) is 0 Å². The standard InChI is InChI=1S/C29H35N3O4S/c1-5-23(3)30-29(34)24(4)31(20-25-15-8-6-9-16-25)28(33)21-32(27-19-13-12-14-22(27)2)37(35,36)26-17-10-7-11-18-26/h6-19,23-24H,5,20-21H2,1-4H3,(H,30,34)/t23-,24-/m0/s1. The summed E-state index contributed by atoms with van der Waals surface area (Å²) in [5.41, 5.74) is 1.97. The third-order valence-corrected chi connectivity index (χ3v) is 8.13. The van der Waals surface area contributed by atoms with Crippen molar-refractivity contribution in [3.63, 3.8) is 0 Å². The highest BCUT2D eigenvalue weighted by Crippen LogP contribution is 2.27. The van der Waals surface area contributed by atoms with Gasteiger partial charge in [-0.3, -0.25) is 13.9 Å². The van der Waals surface area contributed by atoms with Crippen LogP contribution in [-0.2, 0) is 26.2 Å².